The maximum absolute atomic E-state index is 10.3. The van der Waals surface area contributed by atoms with Crippen LogP contribution in [-0.2, 0) is 0 Å². The van der Waals surface area contributed by atoms with Crippen LogP contribution in [0, 0.1) is 0 Å². The highest BCUT2D eigenvalue weighted by Crippen LogP contribution is 2.21. The van der Waals surface area contributed by atoms with Gasteiger partial charge in [0.05, 0.1) is 11.1 Å². The molecule has 0 bridgehead atoms. The molecule has 0 radical (unpaired) electrons. The van der Waals surface area contributed by atoms with E-state index in [-0.39, 0.29) is 0 Å². The molecule has 108 valence electrons. The molecule has 1 heterocycles. The SMILES string of the molecule is CN(C)CC(C)(O)CNc1ncnc2cc(N)ccc12. The number of nitrogens with zero attached hydrogens (tertiary/aromatic N) is 3. The number of fused-ring (bicyclic) bond motifs is 1. The lowest BCUT2D eigenvalue weighted by molar-refractivity contribution is 0.0459. The van der Waals surface area contributed by atoms with Crippen molar-refractivity contribution in [2.45, 2.75) is 12.5 Å². The van der Waals surface area contributed by atoms with Crippen molar-refractivity contribution >= 4 is 22.4 Å². The first-order valence-corrected chi connectivity index (χ1v) is 6.49. The molecule has 0 spiro atoms. The zero-order chi connectivity index (χ0) is 14.8. The minimum absolute atomic E-state index is 0.404. The lowest BCUT2D eigenvalue weighted by Gasteiger charge is -2.27. The van der Waals surface area contributed by atoms with Gasteiger partial charge in [-0.05, 0) is 39.2 Å². The first-order valence-electron chi connectivity index (χ1n) is 6.49. The summed E-state index contributed by atoms with van der Waals surface area (Å²) in [6.07, 6.45) is 1.49. The number of hydrogen-bond acceptors (Lipinski definition) is 6. The predicted octanol–water partition coefficient (Wildman–Crippen LogP) is 0.936. The summed E-state index contributed by atoms with van der Waals surface area (Å²) in [7, 11) is 3.86. The molecule has 0 aliphatic carbocycles. The van der Waals surface area contributed by atoms with E-state index in [4.69, 9.17) is 5.73 Å². The normalized spacial score (nSPS) is 14.4. The van der Waals surface area contributed by atoms with Gasteiger partial charge in [-0.15, -0.1) is 0 Å². The van der Waals surface area contributed by atoms with Gasteiger partial charge in [0.15, 0.2) is 0 Å². The summed E-state index contributed by atoms with van der Waals surface area (Å²) in [5.74, 6) is 0.703. The first kappa shape index (κ1) is 14.5. The van der Waals surface area contributed by atoms with E-state index in [1.807, 2.05) is 31.1 Å². The van der Waals surface area contributed by atoms with Gasteiger partial charge in [0.1, 0.15) is 12.1 Å². The molecule has 0 saturated carbocycles. The lowest BCUT2D eigenvalue weighted by Crippen LogP contribution is -2.43. The third-order valence-electron chi connectivity index (χ3n) is 2.95. The van der Waals surface area contributed by atoms with E-state index in [9.17, 15) is 5.11 Å². The van der Waals surface area contributed by atoms with Crippen LogP contribution in [-0.4, -0.2) is 52.8 Å². The molecule has 1 aromatic carbocycles. The van der Waals surface area contributed by atoms with Gasteiger partial charge in [0.25, 0.3) is 0 Å². The molecule has 0 amide bonds. The van der Waals surface area contributed by atoms with Gasteiger partial charge >= 0.3 is 0 Å². The van der Waals surface area contributed by atoms with Crippen molar-refractivity contribution in [3.8, 4) is 0 Å². The van der Waals surface area contributed by atoms with Gasteiger partial charge in [-0.25, -0.2) is 9.97 Å². The number of aliphatic hydroxyl groups is 1. The molecule has 20 heavy (non-hydrogen) atoms. The molecule has 0 fully saturated rings. The van der Waals surface area contributed by atoms with Crippen LogP contribution in [0.3, 0.4) is 0 Å². The van der Waals surface area contributed by atoms with Gasteiger partial charge in [-0.2, -0.15) is 0 Å². The second-order valence-electron chi connectivity index (χ2n) is 5.59. The summed E-state index contributed by atoms with van der Waals surface area (Å²) in [4.78, 5) is 10.4. The Morgan fingerprint density at radius 1 is 1.35 bits per heavy atom. The third kappa shape index (κ3) is 3.55. The standard InChI is InChI=1S/C14H21N5O/c1-14(20,8-19(2)3)7-16-13-11-5-4-10(15)6-12(11)17-9-18-13/h4-6,9,20H,7-8,15H2,1-3H3,(H,16,17,18). The molecule has 0 aliphatic heterocycles. The Labute approximate surface area is 118 Å². The quantitative estimate of drug-likeness (QED) is 0.704. The van der Waals surface area contributed by atoms with Crippen LogP contribution in [0.1, 0.15) is 6.92 Å². The Hall–Kier alpha value is -1.92. The van der Waals surface area contributed by atoms with Crippen LogP contribution in [0.15, 0.2) is 24.5 Å². The average Bonchev–Trinajstić information content (AvgIpc) is 2.34. The maximum Gasteiger partial charge on any atom is 0.137 e. The molecule has 6 nitrogen and oxygen atoms in total. The third-order valence-corrected chi connectivity index (χ3v) is 2.95. The van der Waals surface area contributed by atoms with Crippen molar-refractivity contribution in [1.82, 2.24) is 14.9 Å². The number of aromatic nitrogens is 2. The lowest BCUT2D eigenvalue weighted by atomic mass is 10.1. The smallest absolute Gasteiger partial charge is 0.137 e. The molecular formula is C14H21N5O. The number of nitrogens with two attached hydrogens (primary N) is 1. The number of benzene rings is 1. The fourth-order valence-corrected chi connectivity index (χ4v) is 2.23. The van der Waals surface area contributed by atoms with Gasteiger partial charge < -0.3 is 21.1 Å². The fraction of sp³-hybridized carbons (Fsp3) is 0.429. The van der Waals surface area contributed by atoms with Crippen LogP contribution in [0.4, 0.5) is 11.5 Å². The highest BCUT2D eigenvalue weighted by molar-refractivity contribution is 5.90. The molecule has 6 heteroatoms. The van der Waals surface area contributed by atoms with Crippen LogP contribution >= 0.6 is 0 Å². The number of rotatable bonds is 5. The van der Waals surface area contributed by atoms with Crippen molar-refractivity contribution in [3.05, 3.63) is 24.5 Å². The van der Waals surface area contributed by atoms with E-state index >= 15 is 0 Å². The van der Waals surface area contributed by atoms with Gasteiger partial charge in [0, 0.05) is 24.2 Å². The molecule has 0 saturated heterocycles. The molecule has 2 aromatic rings. The topological polar surface area (TPSA) is 87.3 Å². The summed E-state index contributed by atoms with van der Waals surface area (Å²) in [5, 5.41) is 14.4. The molecule has 1 aromatic heterocycles. The highest BCUT2D eigenvalue weighted by atomic mass is 16.3. The van der Waals surface area contributed by atoms with Crippen molar-refractivity contribution in [1.29, 1.82) is 0 Å². The zero-order valence-electron chi connectivity index (χ0n) is 12.1. The molecule has 4 N–H and O–H groups in total. The van der Waals surface area contributed by atoms with Crippen LogP contribution in [0.25, 0.3) is 10.9 Å². The van der Waals surface area contributed by atoms with E-state index in [2.05, 4.69) is 15.3 Å². The Morgan fingerprint density at radius 3 is 2.80 bits per heavy atom. The Balaban J connectivity index is 2.18. The minimum Gasteiger partial charge on any atom is -0.399 e. The van der Waals surface area contributed by atoms with E-state index in [1.54, 1.807) is 13.0 Å². The Morgan fingerprint density at radius 2 is 2.10 bits per heavy atom. The van der Waals surface area contributed by atoms with E-state index < -0.39 is 5.60 Å². The van der Waals surface area contributed by atoms with Gasteiger partial charge in [-0.1, -0.05) is 0 Å². The van der Waals surface area contributed by atoms with Crippen LogP contribution in [0.5, 0.6) is 0 Å². The van der Waals surface area contributed by atoms with E-state index in [1.165, 1.54) is 6.33 Å². The summed E-state index contributed by atoms with van der Waals surface area (Å²) in [5.41, 5.74) is 6.36. The highest BCUT2D eigenvalue weighted by Gasteiger charge is 2.21. The predicted molar refractivity (Wildman–Crippen MR) is 81.6 cm³/mol. The molecule has 1 unspecified atom stereocenters. The number of likely N-dealkylation sites (N-methyl/N-ethyl adjacent to an activating group) is 1. The summed E-state index contributed by atoms with van der Waals surface area (Å²) in [6.45, 7) is 2.76. The second-order valence-corrected chi connectivity index (χ2v) is 5.59. The van der Waals surface area contributed by atoms with E-state index in [0.29, 0.717) is 24.6 Å². The summed E-state index contributed by atoms with van der Waals surface area (Å²) in [6, 6.07) is 5.50. The van der Waals surface area contributed by atoms with Crippen molar-refractivity contribution in [2.75, 3.05) is 38.2 Å². The largest absolute Gasteiger partial charge is 0.399 e. The molecule has 1 atom stereocenters. The van der Waals surface area contributed by atoms with Crippen LogP contribution < -0.4 is 11.1 Å². The number of nitrogen functional groups attached to an aromatic ring is 1. The van der Waals surface area contributed by atoms with Crippen LogP contribution in [0.2, 0.25) is 0 Å². The number of nitrogens with one attached hydrogen (secondary N) is 1. The minimum atomic E-state index is -0.839. The van der Waals surface area contributed by atoms with Crippen molar-refractivity contribution in [2.24, 2.45) is 0 Å². The molecular weight excluding hydrogens is 254 g/mol. The average molecular weight is 275 g/mol. The van der Waals surface area contributed by atoms with Crippen molar-refractivity contribution < 1.29 is 5.11 Å². The summed E-state index contributed by atoms with van der Waals surface area (Å²) < 4.78 is 0. The first-order chi connectivity index (χ1) is 9.37. The maximum atomic E-state index is 10.3. The Kier molecular flexibility index (Phi) is 4.06. The fourth-order valence-electron chi connectivity index (χ4n) is 2.23. The zero-order valence-corrected chi connectivity index (χ0v) is 12.1. The number of hydrogen-bond donors (Lipinski definition) is 3. The monoisotopic (exact) mass is 275 g/mol. The second kappa shape index (κ2) is 5.60. The summed E-state index contributed by atoms with van der Waals surface area (Å²) >= 11 is 0. The molecule has 2 rings (SSSR count). The van der Waals surface area contributed by atoms with Crippen molar-refractivity contribution in [3.63, 3.8) is 0 Å². The van der Waals surface area contributed by atoms with Gasteiger partial charge in [0.2, 0.25) is 0 Å². The number of anilines is 2. The van der Waals surface area contributed by atoms with E-state index in [0.717, 1.165) is 10.9 Å². The van der Waals surface area contributed by atoms with Gasteiger partial charge in [-0.3, -0.25) is 0 Å². The Bertz CT molecular complexity index is 597. The molecule has 0 aliphatic rings.